The molecule has 7 nitrogen and oxygen atoms in total. The SMILES string of the molecule is COc1cccc([N+](=O)[O-])c1C(=O)NC1CCC(O)CC1. The van der Waals surface area contributed by atoms with E-state index in [9.17, 15) is 20.0 Å². The summed E-state index contributed by atoms with van der Waals surface area (Å²) in [4.78, 5) is 22.8. The van der Waals surface area contributed by atoms with Crippen LogP contribution in [0.4, 0.5) is 5.69 Å². The lowest BCUT2D eigenvalue weighted by Gasteiger charge is -2.26. The summed E-state index contributed by atoms with van der Waals surface area (Å²) >= 11 is 0. The fourth-order valence-corrected chi connectivity index (χ4v) is 2.55. The van der Waals surface area contributed by atoms with E-state index >= 15 is 0 Å². The zero-order chi connectivity index (χ0) is 15.4. The van der Waals surface area contributed by atoms with E-state index in [0.29, 0.717) is 25.7 Å². The van der Waals surface area contributed by atoms with Gasteiger partial charge in [-0.25, -0.2) is 0 Å². The number of ether oxygens (including phenoxy) is 1. The molecule has 1 aliphatic rings. The first-order valence-corrected chi connectivity index (χ1v) is 6.83. The first kappa shape index (κ1) is 15.2. The van der Waals surface area contributed by atoms with Crippen molar-refractivity contribution in [1.82, 2.24) is 5.32 Å². The third kappa shape index (κ3) is 3.49. The van der Waals surface area contributed by atoms with Crippen LogP contribution in [0.5, 0.6) is 5.75 Å². The monoisotopic (exact) mass is 294 g/mol. The number of nitro groups is 1. The van der Waals surface area contributed by atoms with Gasteiger partial charge in [-0.2, -0.15) is 0 Å². The van der Waals surface area contributed by atoms with Crippen molar-refractivity contribution < 1.29 is 19.6 Å². The van der Waals surface area contributed by atoms with E-state index in [1.165, 1.54) is 25.3 Å². The van der Waals surface area contributed by atoms with Gasteiger partial charge in [0.2, 0.25) is 0 Å². The van der Waals surface area contributed by atoms with E-state index in [4.69, 9.17) is 4.74 Å². The molecule has 0 heterocycles. The Morgan fingerprint density at radius 2 is 2.05 bits per heavy atom. The number of aliphatic hydroxyl groups is 1. The Kier molecular flexibility index (Phi) is 4.74. The van der Waals surface area contributed by atoms with E-state index in [2.05, 4.69) is 5.32 Å². The van der Waals surface area contributed by atoms with Gasteiger partial charge in [-0.3, -0.25) is 14.9 Å². The van der Waals surface area contributed by atoms with Gasteiger partial charge in [0.05, 0.1) is 18.1 Å². The van der Waals surface area contributed by atoms with E-state index in [1.54, 1.807) is 0 Å². The van der Waals surface area contributed by atoms with Gasteiger partial charge in [0.25, 0.3) is 11.6 Å². The molecule has 0 saturated heterocycles. The fraction of sp³-hybridized carbons (Fsp3) is 0.500. The average molecular weight is 294 g/mol. The summed E-state index contributed by atoms with van der Waals surface area (Å²) in [5.41, 5.74) is -0.334. The number of hydrogen-bond donors (Lipinski definition) is 2. The van der Waals surface area contributed by atoms with Crippen LogP contribution in [0.15, 0.2) is 18.2 Å². The summed E-state index contributed by atoms with van der Waals surface area (Å²) in [6, 6.07) is 4.20. The van der Waals surface area contributed by atoms with Crippen LogP contribution >= 0.6 is 0 Å². The molecule has 0 bridgehead atoms. The molecule has 1 amide bonds. The molecule has 0 radical (unpaired) electrons. The summed E-state index contributed by atoms with van der Waals surface area (Å²) in [6.07, 6.45) is 2.25. The molecule has 0 aliphatic heterocycles. The molecule has 21 heavy (non-hydrogen) atoms. The van der Waals surface area contributed by atoms with E-state index in [1.807, 2.05) is 0 Å². The van der Waals surface area contributed by atoms with Crippen LogP contribution in [0, 0.1) is 10.1 Å². The predicted molar refractivity (Wildman–Crippen MR) is 75.4 cm³/mol. The summed E-state index contributed by atoms with van der Waals surface area (Å²) in [5, 5.41) is 23.3. The van der Waals surface area contributed by atoms with E-state index in [-0.39, 0.29) is 29.1 Å². The minimum Gasteiger partial charge on any atom is -0.496 e. The molecule has 1 fully saturated rings. The van der Waals surface area contributed by atoms with Gasteiger partial charge in [0.15, 0.2) is 5.56 Å². The first-order valence-electron chi connectivity index (χ1n) is 6.83. The lowest BCUT2D eigenvalue weighted by atomic mass is 9.93. The maximum atomic E-state index is 12.3. The summed E-state index contributed by atoms with van der Waals surface area (Å²) < 4.78 is 5.06. The van der Waals surface area contributed by atoms with Gasteiger partial charge >= 0.3 is 0 Å². The quantitative estimate of drug-likeness (QED) is 0.649. The van der Waals surface area contributed by atoms with Crippen molar-refractivity contribution in [2.24, 2.45) is 0 Å². The van der Waals surface area contributed by atoms with Crippen molar-refractivity contribution in [3.63, 3.8) is 0 Å². The number of nitrogens with zero attached hydrogens (tertiary/aromatic N) is 1. The van der Waals surface area contributed by atoms with Gasteiger partial charge < -0.3 is 15.2 Å². The van der Waals surface area contributed by atoms with Gasteiger partial charge in [0, 0.05) is 12.1 Å². The van der Waals surface area contributed by atoms with Crippen molar-refractivity contribution in [2.45, 2.75) is 37.8 Å². The number of rotatable bonds is 4. The molecule has 114 valence electrons. The molecule has 1 aromatic rings. The molecule has 7 heteroatoms. The first-order chi connectivity index (χ1) is 10.0. The number of methoxy groups -OCH3 is 1. The summed E-state index contributed by atoms with van der Waals surface area (Å²) in [5.74, 6) is -0.335. The normalized spacial score (nSPS) is 21.6. The van der Waals surface area contributed by atoms with Gasteiger partial charge in [-0.05, 0) is 31.7 Å². The maximum absolute atomic E-state index is 12.3. The lowest BCUT2D eigenvalue weighted by Crippen LogP contribution is -2.38. The van der Waals surface area contributed by atoms with E-state index < -0.39 is 10.8 Å². The summed E-state index contributed by atoms with van der Waals surface area (Å²) in [6.45, 7) is 0. The molecular formula is C14H18N2O5. The largest absolute Gasteiger partial charge is 0.496 e. The number of amides is 1. The molecule has 1 saturated carbocycles. The van der Waals surface area contributed by atoms with Crippen LogP contribution in [0.25, 0.3) is 0 Å². The van der Waals surface area contributed by atoms with Crippen LogP contribution in [0.1, 0.15) is 36.0 Å². The number of nitro benzene ring substituents is 1. The molecule has 0 atom stereocenters. The van der Waals surface area contributed by atoms with E-state index in [0.717, 1.165) is 0 Å². The fourth-order valence-electron chi connectivity index (χ4n) is 2.55. The van der Waals surface area contributed by atoms with Crippen molar-refractivity contribution >= 4 is 11.6 Å². The molecule has 1 aliphatic carbocycles. The Labute approximate surface area is 122 Å². The van der Waals surface area contributed by atoms with Gasteiger partial charge in [-0.15, -0.1) is 0 Å². The second-order valence-corrected chi connectivity index (χ2v) is 5.09. The van der Waals surface area contributed by atoms with Gasteiger partial charge in [0.1, 0.15) is 5.75 Å². The van der Waals surface area contributed by atoms with Crippen LogP contribution < -0.4 is 10.1 Å². The Bertz CT molecular complexity index is 538. The van der Waals surface area contributed by atoms with Crippen molar-refractivity contribution in [3.8, 4) is 5.75 Å². The van der Waals surface area contributed by atoms with Crippen LogP contribution in [0.2, 0.25) is 0 Å². The van der Waals surface area contributed by atoms with Crippen LogP contribution in [0.3, 0.4) is 0 Å². The zero-order valence-electron chi connectivity index (χ0n) is 11.7. The Morgan fingerprint density at radius 1 is 1.38 bits per heavy atom. The molecule has 0 spiro atoms. The maximum Gasteiger partial charge on any atom is 0.285 e. The number of nitrogens with one attached hydrogen (secondary N) is 1. The molecule has 2 N–H and O–H groups in total. The zero-order valence-corrected chi connectivity index (χ0v) is 11.7. The van der Waals surface area contributed by atoms with Crippen molar-refractivity contribution in [1.29, 1.82) is 0 Å². The van der Waals surface area contributed by atoms with Crippen LogP contribution in [-0.2, 0) is 0 Å². The van der Waals surface area contributed by atoms with Gasteiger partial charge in [-0.1, -0.05) is 6.07 Å². The average Bonchev–Trinajstić information content (AvgIpc) is 2.48. The van der Waals surface area contributed by atoms with Crippen molar-refractivity contribution in [2.75, 3.05) is 7.11 Å². The number of aliphatic hydroxyl groups excluding tert-OH is 1. The predicted octanol–water partition coefficient (Wildman–Crippen LogP) is 1.64. The molecule has 0 unspecified atom stereocenters. The molecular weight excluding hydrogens is 276 g/mol. The second-order valence-electron chi connectivity index (χ2n) is 5.09. The number of benzene rings is 1. The van der Waals surface area contributed by atoms with Crippen LogP contribution in [-0.4, -0.2) is 35.2 Å². The third-order valence-electron chi connectivity index (χ3n) is 3.68. The lowest BCUT2D eigenvalue weighted by molar-refractivity contribution is -0.385. The standard InChI is InChI=1S/C14H18N2O5/c1-21-12-4-2-3-11(16(19)20)13(12)14(18)15-9-5-7-10(17)8-6-9/h2-4,9-10,17H,5-8H2,1H3,(H,15,18). The summed E-state index contributed by atoms with van der Waals surface area (Å²) in [7, 11) is 1.37. The minimum atomic E-state index is -0.595. The Morgan fingerprint density at radius 3 is 2.62 bits per heavy atom. The molecule has 1 aromatic carbocycles. The highest BCUT2D eigenvalue weighted by molar-refractivity contribution is 6.01. The number of carbonyl (C=O) groups is 1. The highest BCUT2D eigenvalue weighted by Crippen LogP contribution is 2.28. The highest BCUT2D eigenvalue weighted by atomic mass is 16.6. The number of carbonyl (C=O) groups excluding carboxylic acids is 1. The third-order valence-corrected chi connectivity index (χ3v) is 3.68. The Hall–Kier alpha value is -2.15. The number of hydrogen-bond acceptors (Lipinski definition) is 5. The second kappa shape index (κ2) is 6.53. The Balaban J connectivity index is 2.20. The molecule has 2 rings (SSSR count). The topological polar surface area (TPSA) is 102 Å². The molecule has 0 aromatic heterocycles. The highest BCUT2D eigenvalue weighted by Gasteiger charge is 2.28. The minimum absolute atomic E-state index is 0.0591. The smallest absolute Gasteiger partial charge is 0.285 e. The van der Waals surface area contributed by atoms with Crippen molar-refractivity contribution in [3.05, 3.63) is 33.9 Å².